The zero-order valence-electron chi connectivity index (χ0n) is 21.5. The van der Waals surface area contributed by atoms with E-state index in [9.17, 15) is 29.1 Å². The van der Waals surface area contributed by atoms with Crippen molar-refractivity contribution in [2.45, 2.75) is 43.8 Å². The van der Waals surface area contributed by atoms with Gasteiger partial charge in [0.2, 0.25) is 29.5 Å². The average molecular weight is 539 g/mol. The number of carbonyl (C=O) groups excluding carboxylic acids is 5. The molecule has 8 N–H and O–H groups in total. The molecule has 0 aromatic heterocycles. The zero-order valence-corrected chi connectivity index (χ0v) is 21.5. The van der Waals surface area contributed by atoms with Crippen LogP contribution in [-0.2, 0) is 36.8 Å². The molecule has 12 heteroatoms. The van der Waals surface area contributed by atoms with Crippen molar-refractivity contribution in [1.82, 2.24) is 20.9 Å². The molecule has 1 heterocycles. The van der Waals surface area contributed by atoms with Crippen molar-refractivity contribution in [3.05, 3.63) is 65.7 Å². The molecule has 3 rings (SSSR count). The maximum Gasteiger partial charge on any atom is 0.246 e. The lowest BCUT2D eigenvalue weighted by Crippen LogP contribution is -2.55. The average Bonchev–Trinajstić information content (AvgIpc) is 3.42. The summed E-state index contributed by atoms with van der Waals surface area (Å²) in [5.41, 5.74) is 12.4. The summed E-state index contributed by atoms with van der Waals surface area (Å²) >= 11 is 0. The van der Waals surface area contributed by atoms with E-state index in [1.54, 1.807) is 36.4 Å². The van der Waals surface area contributed by atoms with Crippen LogP contribution in [-0.4, -0.2) is 77.3 Å². The number of rotatable bonds is 12. The van der Waals surface area contributed by atoms with Crippen LogP contribution in [0.25, 0.3) is 0 Å². The van der Waals surface area contributed by atoms with Gasteiger partial charge in [0.25, 0.3) is 0 Å². The minimum atomic E-state index is -0.975. The largest absolute Gasteiger partial charge is 0.508 e. The van der Waals surface area contributed by atoms with E-state index >= 15 is 0 Å². The van der Waals surface area contributed by atoms with E-state index in [2.05, 4.69) is 16.0 Å². The number of carbonyl (C=O) groups is 5. The number of nitrogens with two attached hydrogens (primary N) is 2. The van der Waals surface area contributed by atoms with Crippen molar-refractivity contribution in [3.63, 3.8) is 0 Å². The molecule has 208 valence electrons. The van der Waals surface area contributed by atoms with Gasteiger partial charge in [-0.3, -0.25) is 24.0 Å². The lowest BCUT2D eigenvalue weighted by molar-refractivity contribution is -0.141. The first kappa shape index (κ1) is 29.1. The molecule has 2 aromatic rings. The Morgan fingerprint density at radius 2 is 1.51 bits per heavy atom. The molecule has 0 bridgehead atoms. The maximum atomic E-state index is 13.4. The molecule has 12 nitrogen and oxygen atoms in total. The molecule has 1 saturated heterocycles. The Bertz CT molecular complexity index is 1170. The van der Waals surface area contributed by atoms with Crippen LogP contribution in [0, 0.1) is 0 Å². The van der Waals surface area contributed by atoms with Crippen LogP contribution >= 0.6 is 0 Å². The van der Waals surface area contributed by atoms with Crippen molar-refractivity contribution in [3.8, 4) is 5.75 Å². The molecular formula is C27H34N6O6. The van der Waals surface area contributed by atoms with E-state index in [4.69, 9.17) is 11.5 Å². The van der Waals surface area contributed by atoms with E-state index in [1.165, 1.54) is 17.0 Å². The third-order valence-electron chi connectivity index (χ3n) is 6.42. The summed E-state index contributed by atoms with van der Waals surface area (Å²) < 4.78 is 0. The Balaban J connectivity index is 1.60. The predicted molar refractivity (Wildman–Crippen MR) is 142 cm³/mol. The number of benzene rings is 2. The normalized spacial score (nSPS) is 16.1. The number of primary amides is 1. The number of phenolic OH excluding ortho intramolecular Hbond substituents is 1. The molecule has 0 radical (unpaired) electrons. The van der Waals surface area contributed by atoms with Gasteiger partial charge in [-0.25, -0.2) is 0 Å². The van der Waals surface area contributed by atoms with Crippen LogP contribution in [0.4, 0.5) is 0 Å². The van der Waals surface area contributed by atoms with E-state index in [1.807, 2.05) is 6.07 Å². The van der Waals surface area contributed by atoms with Gasteiger partial charge in [0.1, 0.15) is 23.9 Å². The first-order valence-electron chi connectivity index (χ1n) is 12.7. The van der Waals surface area contributed by atoms with Gasteiger partial charge in [0.15, 0.2) is 0 Å². The van der Waals surface area contributed by atoms with Crippen molar-refractivity contribution >= 4 is 29.5 Å². The number of nitrogens with one attached hydrogen (secondary N) is 3. The summed E-state index contributed by atoms with van der Waals surface area (Å²) in [6.07, 6.45) is 1.28. The highest BCUT2D eigenvalue weighted by Gasteiger charge is 2.37. The molecule has 0 unspecified atom stereocenters. The summed E-state index contributed by atoms with van der Waals surface area (Å²) in [4.78, 5) is 64.1. The van der Waals surface area contributed by atoms with E-state index in [-0.39, 0.29) is 25.1 Å². The molecule has 3 atom stereocenters. The fourth-order valence-corrected chi connectivity index (χ4v) is 4.43. The first-order chi connectivity index (χ1) is 18.7. The molecule has 0 spiro atoms. The highest BCUT2D eigenvalue weighted by molar-refractivity contribution is 5.94. The van der Waals surface area contributed by atoms with Crippen molar-refractivity contribution in [2.75, 3.05) is 19.6 Å². The fraction of sp³-hybridized carbons (Fsp3) is 0.370. The Kier molecular flexibility index (Phi) is 10.4. The van der Waals surface area contributed by atoms with Gasteiger partial charge in [-0.2, -0.15) is 0 Å². The minimum Gasteiger partial charge on any atom is -0.508 e. The number of phenols is 1. The standard InChI is InChI=1S/C27H34N6O6/c28-15-23(35)32-21(14-18-8-10-19(34)11-9-18)27(39)33-12-4-7-22(33)26(38)30-16-24(36)31-20(25(29)37)13-17-5-2-1-3-6-17/h1-3,5-6,8-11,20-22,34H,4,7,12-16,28H2,(H2,29,37)(H,30,38)(H,31,36)(H,32,35)/t20-,21-,22-/m0/s1. The molecule has 0 aliphatic carbocycles. The van der Waals surface area contributed by atoms with Gasteiger partial charge in [-0.05, 0) is 36.1 Å². The summed E-state index contributed by atoms with van der Waals surface area (Å²) in [6.45, 7) is -0.416. The Labute approximate surface area is 226 Å². The third-order valence-corrected chi connectivity index (χ3v) is 6.42. The van der Waals surface area contributed by atoms with Gasteiger partial charge < -0.3 is 37.4 Å². The summed E-state index contributed by atoms with van der Waals surface area (Å²) in [5, 5.41) is 17.2. The first-order valence-corrected chi connectivity index (χ1v) is 12.7. The van der Waals surface area contributed by atoms with E-state index in [0.29, 0.717) is 24.9 Å². The van der Waals surface area contributed by atoms with Crippen molar-refractivity contribution in [1.29, 1.82) is 0 Å². The second-order valence-electron chi connectivity index (χ2n) is 9.31. The highest BCUT2D eigenvalue weighted by Crippen LogP contribution is 2.20. The van der Waals surface area contributed by atoms with E-state index < -0.39 is 54.2 Å². The molecule has 1 aliphatic rings. The smallest absolute Gasteiger partial charge is 0.246 e. The van der Waals surface area contributed by atoms with Crippen LogP contribution in [0.5, 0.6) is 5.75 Å². The van der Waals surface area contributed by atoms with Crippen LogP contribution in [0.15, 0.2) is 54.6 Å². The fourth-order valence-electron chi connectivity index (χ4n) is 4.43. The van der Waals surface area contributed by atoms with Gasteiger partial charge >= 0.3 is 0 Å². The summed E-state index contributed by atoms with van der Waals surface area (Å²) in [6, 6.07) is 12.5. The number of amides is 5. The number of likely N-dealkylation sites (tertiary alicyclic amines) is 1. The minimum absolute atomic E-state index is 0.0650. The Morgan fingerprint density at radius 1 is 0.897 bits per heavy atom. The van der Waals surface area contributed by atoms with Crippen molar-refractivity contribution in [2.24, 2.45) is 11.5 Å². The van der Waals surface area contributed by atoms with Gasteiger partial charge in [-0.15, -0.1) is 0 Å². The van der Waals surface area contributed by atoms with Crippen LogP contribution in [0.3, 0.4) is 0 Å². The maximum absolute atomic E-state index is 13.4. The Morgan fingerprint density at radius 3 is 2.15 bits per heavy atom. The monoisotopic (exact) mass is 538 g/mol. The quantitative estimate of drug-likeness (QED) is 0.193. The lowest BCUT2D eigenvalue weighted by atomic mass is 10.0. The lowest BCUT2D eigenvalue weighted by Gasteiger charge is -2.29. The number of nitrogens with zero attached hydrogens (tertiary/aromatic N) is 1. The third kappa shape index (κ3) is 8.54. The topological polar surface area (TPSA) is 197 Å². The highest BCUT2D eigenvalue weighted by atomic mass is 16.3. The molecule has 2 aromatic carbocycles. The zero-order chi connectivity index (χ0) is 28.4. The number of aromatic hydroxyl groups is 1. The molecular weight excluding hydrogens is 504 g/mol. The SMILES string of the molecule is NCC(=O)N[C@@H](Cc1ccc(O)cc1)C(=O)N1CCC[C@H]1C(=O)NCC(=O)N[C@@H](Cc1ccccc1)C(N)=O. The molecule has 1 fully saturated rings. The van der Waals surface area contributed by atoms with Gasteiger partial charge in [-0.1, -0.05) is 42.5 Å². The predicted octanol–water partition coefficient (Wildman–Crippen LogP) is -1.30. The summed E-state index contributed by atoms with van der Waals surface area (Å²) in [5.74, 6) is -2.74. The van der Waals surface area contributed by atoms with Crippen LogP contribution < -0.4 is 27.4 Å². The Hall–Kier alpha value is -4.45. The van der Waals surface area contributed by atoms with Crippen LogP contribution in [0.1, 0.15) is 24.0 Å². The number of hydrogen-bond donors (Lipinski definition) is 6. The molecule has 5 amide bonds. The van der Waals surface area contributed by atoms with E-state index in [0.717, 1.165) is 5.56 Å². The molecule has 1 aliphatic heterocycles. The molecule has 0 saturated carbocycles. The van der Waals surface area contributed by atoms with Crippen LogP contribution in [0.2, 0.25) is 0 Å². The van der Waals surface area contributed by atoms with Gasteiger partial charge in [0, 0.05) is 19.4 Å². The second kappa shape index (κ2) is 13.9. The second-order valence-corrected chi connectivity index (χ2v) is 9.31. The van der Waals surface area contributed by atoms with Crippen molar-refractivity contribution < 1.29 is 29.1 Å². The summed E-state index contributed by atoms with van der Waals surface area (Å²) in [7, 11) is 0. The molecule has 39 heavy (non-hydrogen) atoms. The number of hydrogen-bond acceptors (Lipinski definition) is 7. The van der Waals surface area contributed by atoms with Gasteiger partial charge in [0.05, 0.1) is 13.1 Å².